The lowest BCUT2D eigenvalue weighted by atomic mass is 9.71. The molecule has 0 radical (unpaired) electrons. The predicted octanol–water partition coefficient (Wildman–Crippen LogP) is 13.2. The molecule has 0 heterocycles. The quantitative estimate of drug-likeness (QED) is 0.292. The van der Waals surface area contributed by atoms with E-state index in [4.69, 9.17) is 13.6 Å². The Morgan fingerprint density at radius 1 is 0.522 bits per heavy atom. The van der Waals surface area contributed by atoms with Crippen LogP contribution >= 0.6 is 8.60 Å². The summed E-state index contributed by atoms with van der Waals surface area (Å²) in [4.78, 5) is 0. The molecule has 0 amide bonds. The van der Waals surface area contributed by atoms with E-state index in [1.807, 2.05) is 0 Å². The molecule has 0 N–H and O–H groups in total. The molecule has 2 aromatic carbocycles. The summed E-state index contributed by atoms with van der Waals surface area (Å²) in [5, 5.41) is 0. The fourth-order valence-electron chi connectivity index (χ4n) is 5.65. The summed E-state index contributed by atoms with van der Waals surface area (Å²) in [6.07, 6.45) is 6.67. The van der Waals surface area contributed by atoms with E-state index in [-0.39, 0.29) is 44.5 Å². The highest BCUT2D eigenvalue weighted by atomic mass is 31.2. The Labute approximate surface area is 284 Å². The average molecular weight is 649 g/mol. The van der Waals surface area contributed by atoms with Gasteiger partial charge in [0.25, 0.3) is 0 Å². The Kier molecular flexibility index (Phi) is 10.9. The van der Waals surface area contributed by atoms with Crippen LogP contribution in [0.1, 0.15) is 147 Å². The fraction of sp³-hybridized carbons (Fsp3) is 0.619. The van der Waals surface area contributed by atoms with Crippen molar-refractivity contribution in [2.75, 3.05) is 0 Å². The molecular weight excluding hydrogens is 583 g/mol. The third-order valence-corrected chi connectivity index (χ3v) is 10.0. The molecule has 2 aromatic rings. The number of allylic oxidation sites excluding steroid dienone is 2. The van der Waals surface area contributed by atoms with Gasteiger partial charge in [0.05, 0.1) is 6.10 Å². The standard InChI is InChI=1S/C42H65O3P/c1-37(2,3)28-19-22-34(31(25-28)40(10,11)12)43-46(44-35-23-20-29(38(4,5)6)26-32(35)41(13,14)15)45-36-24-21-30(39(7,8)9)27-33(36)42(16,17)18/h19-27,31,34H,1-18H3. The molecule has 256 valence electrons. The molecule has 3 nitrogen and oxygen atoms in total. The molecule has 4 heteroatoms. The first kappa shape index (κ1) is 38.4. The lowest BCUT2D eigenvalue weighted by Crippen LogP contribution is -2.34. The van der Waals surface area contributed by atoms with Gasteiger partial charge in [-0.25, -0.2) is 0 Å². The SMILES string of the molecule is CC(C)(C)C1=CC(C(C)(C)C)C(OP(Oc2ccc(C(C)(C)C)cc2C(C)(C)C)Oc2ccc(C(C)(C)C)cc2C(C)(C)C)C=C1. The summed E-state index contributed by atoms with van der Waals surface area (Å²) in [6, 6.07) is 13.2. The zero-order valence-corrected chi connectivity index (χ0v) is 33.4. The van der Waals surface area contributed by atoms with Gasteiger partial charge in [0, 0.05) is 17.0 Å². The monoisotopic (exact) mass is 648 g/mol. The van der Waals surface area contributed by atoms with Crippen molar-refractivity contribution in [1.82, 2.24) is 0 Å². The normalized spacial score (nSPS) is 18.5. The summed E-state index contributed by atoms with van der Waals surface area (Å²) < 4.78 is 20.9. The Balaban J connectivity index is 2.17. The summed E-state index contributed by atoms with van der Waals surface area (Å²) in [6.45, 7) is 40.7. The van der Waals surface area contributed by atoms with E-state index in [0.29, 0.717) is 0 Å². The van der Waals surface area contributed by atoms with Crippen molar-refractivity contribution in [3.63, 3.8) is 0 Å². The van der Waals surface area contributed by atoms with E-state index in [1.165, 1.54) is 16.7 Å². The van der Waals surface area contributed by atoms with Crippen LogP contribution < -0.4 is 9.05 Å². The van der Waals surface area contributed by atoms with Gasteiger partial charge < -0.3 is 9.05 Å². The van der Waals surface area contributed by atoms with E-state index >= 15 is 0 Å². The van der Waals surface area contributed by atoms with Crippen LogP contribution in [0.2, 0.25) is 0 Å². The first-order chi connectivity index (χ1) is 20.6. The Bertz CT molecular complexity index is 1340. The van der Waals surface area contributed by atoms with Gasteiger partial charge in [0.1, 0.15) is 11.5 Å². The minimum atomic E-state index is -1.83. The third kappa shape index (κ3) is 9.73. The number of hydrogen-bond donors (Lipinski definition) is 0. The Morgan fingerprint density at radius 2 is 0.935 bits per heavy atom. The van der Waals surface area contributed by atoms with Crippen molar-refractivity contribution >= 4 is 8.60 Å². The lowest BCUT2D eigenvalue weighted by Gasteiger charge is -2.39. The van der Waals surface area contributed by atoms with E-state index < -0.39 is 8.60 Å². The molecule has 0 aliphatic heterocycles. The lowest BCUT2D eigenvalue weighted by molar-refractivity contribution is 0.113. The fourth-order valence-corrected chi connectivity index (χ4v) is 6.81. The third-order valence-electron chi connectivity index (χ3n) is 8.91. The maximum absolute atomic E-state index is 7.02. The maximum atomic E-state index is 7.02. The highest BCUT2D eigenvalue weighted by Gasteiger charge is 2.38. The topological polar surface area (TPSA) is 27.7 Å². The van der Waals surface area contributed by atoms with Gasteiger partial charge in [-0.1, -0.05) is 167 Å². The van der Waals surface area contributed by atoms with Crippen molar-refractivity contribution in [2.24, 2.45) is 16.7 Å². The maximum Gasteiger partial charge on any atom is 0.463 e. The molecule has 1 aliphatic rings. The molecule has 2 unspecified atom stereocenters. The number of hydrogen-bond acceptors (Lipinski definition) is 3. The number of benzene rings is 2. The molecule has 0 saturated heterocycles. The molecule has 0 fully saturated rings. The molecule has 0 saturated carbocycles. The first-order valence-corrected chi connectivity index (χ1v) is 18.2. The minimum absolute atomic E-state index is 0.0244. The van der Waals surface area contributed by atoms with Gasteiger partial charge in [-0.2, -0.15) is 0 Å². The molecule has 1 aliphatic carbocycles. The van der Waals surface area contributed by atoms with E-state index in [9.17, 15) is 0 Å². The highest BCUT2D eigenvalue weighted by molar-refractivity contribution is 7.42. The zero-order valence-electron chi connectivity index (χ0n) is 32.5. The molecular formula is C42H65O3P. The van der Waals surface area contributed by atoms with Gasteiger partial charge in [-0.05, 0) is 61.3 Å². The Hall–Kier alpha value is -2.09. The smallest absolute Gasteiger partial charge is 0.417 e. The van der Waals surface area contributed by atoms with Crippen LogP contribution in [0.4, 0.5) is 0 Å². The zero-order chi connectivity index (χ0) is 35.3. The van der Waals surface area contributed by atoms with Crippen LogP contribution in [0.25, 0.3) is 0 Å². The van der Waals surface area contributed by atoms with E-state index in [0.717, 1.165) is 22.6 Å². The molecule has 0 bridgehead atoms. The second-order valence-electron chi connectivity index (χ2n) is 19.5. The van der Waals surface area contributed by atoms with E-state index in [1.54, 1.807) is 0 Å². The average Bonchev–Trinajstić information content (AvgIpc) is 2.85. The molecule has 3 rings (SSSR count). The van der Waals surface area contributed by atoms with Crippen LogP contribution in [0, 0.1) is 16.7 Å². The molecule has 0 spiro atoms. The number of rotatable bonds is 6. The highest BCUT2D eigenvalue weighted by Crippen LogP contribution is 2.51. The van der Waals surface area contributed by atoms with Crippen LogP contribution in [0.15, 0.2) is 60.2 Å². The summed E-state index contributed by atoms with van der Waals surface area (Å²) in [5.41, 5.74) is 6.01. The van der Waals surface area contributed by atoms with Crippen LogP contribution in [-0.4, -0.2) is 6.10 Å². The van der Waals surface area contributed by atoms with Crippen molar-refractivity contribution in [1.29, 1.82) is 0 Å². The van der Waals surface area contributed by atoms with Gasteiger partial charge >= 0.3 is 8.60 Å². The predicted molar refractivity (Wildman–Crippen MR) is 200 cm³/mol. The van der Waals surface area contributed by atoms with E-state index in [2.05, 4.69) is 179 Å². The van der Waals surface area contributed by atoms with Crippen LogP contribution in [-0.2, 0) is 26.2 Å². The summed E-state index contributed by atoms with van der Waals surface area (Å²) >= 11 is 0. The van der Waals surface area contributed by atoms with Gasteiger partial charge in [-0.3, -0.25) is 4.52 Å². The summed E-state index contributed by atoms with van der Waals surface area (Å²) in [7, 11) is -1.83. The Morgan fingerprint density at radius 3 is 1.26 bits per heavy atom. The summed E-state index contributed by atoms with van der Waals surface area (Å²) in [5.74, 6) is 1.78. The molecule has 0 aromatic heterocycles. The minimum Gasteiger partial charge on any atom is -0.417 e. The van der Waals surface area contributed by atoms with Crippen LogP contribution in [0.3, 0.4) is 0 Å². The van der Waals surface area contributed by atoms with Crippen molar-refractivity contribution in [2.45, 2.75) is 152 Å². The largest absolute Gasteiger partial charge is 0.463 e. The molecule has 46 heavy (non-hydrogen) atoms. The van der Waals surface area contributed by atoms with Gasteiger partial charge in [0.2, 0.25) is 0 Å². The van der Waals surface area contributed by atoms with Crippen LogP contribution in [0.5, 0.6) is 11.5 Å². The van der Waals surface area contributed by atoms with Crippen molar-refractivity contribution in [3.8, 4) is 11.5 Å². The molecule has 2 atom stereocenters. The van der Waals surface area contributed by atoms with Crippen molar-refractivity contribution in [3.05, 3.63) is 82.5 Å². The second-order valence-corrected chi connectivity index (χ2v) is 20.5. The van der Waals surface area contributed by atoms with Crippen molar-refractivity contribution < 1.29 is 13.6 Å². The van der Waals surface area contributed by atoms with Gasteiger partial charge in [0.15, 0.2) is 0 Å². The first-order valence-electron chi connectivity index (χ1n) is 17.1. The second kappa shape index (κ2) is 13.1. The van der Waals surface area contributed by atoms with Gasteiger partial charge in [-0.15, -0.1) is 0 Å².